The van der Waals surface area contributed by atoms with Gasteiger partial charge >= 0.3 is 11.9 Å². The number of ether oxygens (including phenoxy) is 1. The molecular formula is C24H18Cl2N2O6. The summed E-state index contributed by atoms with van der Waals surface area (Å²) in [6, 6.07) is 14.6. The minimum absolute atomic E-state index is 0.00165. The van der Waals surface area contributed by atoms with E-state index in [4.69, 9.17) is 33.0 Å². The third kappa shape index (κ3) is 4.93. The first-order chi connectivity index (χ1) is 16.2. The molecule has 0 saturated heterocycles. The Morgan fingerprint density at radius 1 is 0.971 bits per heavy atom. The van der Waals surface area contributed by atoms with Gasteiger partial charge in [0.1, 0.15) is 11.5 Å². The van der Waals surface area contributed by atoms with E-state index in [1.54, 1.807) is 4.90 Å². The predicted octanol–water partition coefficient (Wildman–Crippen LogP) is 4.71. The van der Waals surface area contributed by atoms with Gasteiger partial charge in [-0.15, -0.1) is 0 Å². The molecule has 0 atom stereocenters. The topological polar surface area (TPSA) is 116 Å². The smallest absolute Gasteiger partial charge is 0.394 e. The van der Waals surface area contributed by atoms with E-state index in [0.717, 1.165) is 12.0 Å². The number of aliphatic carboxylic acids is 1. The lowest BCUT2D eigenvalue weighted by molar-refractivity contribution is -0.147. The molecular weight excluding hydrogens is 483 g/mol. The van der Waals surface area contributed by atoms with Crippen molar-refractivity contribution in [1.82, 2.24) is 4.90 Å². The molecule has 8 nitrogen and oxygen atoms in total. The molecule has 1 heterocycles. The average molecular weight is 501 g/mol. The Morgan fingerprint density at radius 2 is 1.65 bits per heavy atom. The minimum atomic E-state index is -1.66. The van der Waals surface area contributed by atoms with Gasteiger partial charge in [0.05, 0.1) is 15.6 Å². The zero-order valence-corrected chi connectivity index (χ0v) is 19.1. The third-order valence-corrected chi connectivity index (χ3v) is 5.85. The number of anilines is 1. The molecule has 1 aliphatic heterocycles. The van der Waals surface area contributed by atoms with Crippen molar-refractivity contribution in [2.75, 3.05) is 11.9 Å². The fraction of sp³-hybridized carbons (Fsp3) is 0.125. The molecule has 0 radical (unpaired) electrons. The maximum atomic E-state index is 13.1. The molecule has 34 heavy (non-hydrogen) atoms. The molecule has 3 aromatic carbocycles. The maximum Gasteiger partial charge on any atom is 0.394 e. The zero-order chi connectivity index (χ0) is 24.4. The van der Waals surface area contributed by atoms with E-state index in [1.165, 1.54) is 35.9 Å². The number of benzene rings is 3. The lowest BCUT2D eigenvalue weighted by atomic mass is 9.99. The van der Waals surface area contributed by atoms with Crippen LogP contribution in [0.3, 0.4) is 0 Å². The molecule has 2 amide bonds. The summed E-state index contributed by atoms with van der Waals surface area (Å²) in [5, 5.41) is 21.2. The summed E-state index contributed by atoms with van der Waals surface area (Å²) < 4.78 is 5.76. The van der Waals surface area contributed by atoms with Gasteiger partial charge in [0, 0.05) is 18.8 Å². The highest BCUT2D eigenvalue weighted by Crippen LogP contribution is 2.40. The lowest BCUT2D eigenvalue weighted by Gasteiger charge is -2.29. The molecule has 4 rings (SSSR count). The molecule has 0 saturated carbocycles. The van der Waals surface area contributed by atoms with Crippen LogP contribution in [0.15, 0.2) is 54.6 Å². The van der Waals surface area contributed by atoms with Crippen molar-refractivity contribution in [2.24, 2.45) is 0 Å². The van der Waals surface area contributed by atoms with Crippen molar-refractivity contribution in [3.8, 4) is 17.2 Å². The normalized spacial score (nSPS) is 12.6. The molecule has 3 N–H and O–H groups in total. The number of phenols is 1. The van der Waals surface area contributed by atoms with Gasteiger partial charge < -0.3 is 25.2 Å². The number of nitrogens with one attached hydrogen (secondary N) is 1. The first-order valence-electron chi connectivity index (χ1n) is 10.1. The van der Waals surface area contributed by atoms with Gasteiger partial charge in [0.15, 0.2) is 5.75 Å². The Labute approximate surface area is 204 Å². The quantitative estimate of drug-likeness (QED) is 0.446. The number of carboxylic acids is 1. The number of halogens is 2. The largest absolute Gasteiger partial charge is 0.507 e. The molecule has 0 aromatic heterocycles. The number of aromatic hydroxyl groups is 1. The van der Waals surface area contributed by atoms with Crippen molar-refractivity contribution in [3.05, 3.63) is 81.3 Å². The highest BCUT2D eigenvalue weighted by Gasteiger charge is 2.24. The Kier molecular flexibility index (Phi) is 6.63. The van der Waals surface area contributed by atoms with E-state index in [2.05, 4.69) is 5.32 Å². The molecule has 10 heteroatoms. The van der Waals surface area contributed by atoms with E-state index in [9.17, 15) is 19.5 Å². The van der Waals surface area contributed by atoms with Crippen LogP contribution in [0.1, 0.15) is 21.5 Å². The van der Waals surface area contributed by atoms with Crippen molar-refractivity contribution in [2.45, 2.75) is 13.0 Å². The summed E-state index contributed by atoms with van der Waals surface area (Å²) in [5.74, 6) is -3.22. The number of hydrogen-bond acceptors (Lipinski definition) is 5. The number of phenolic OH excluding ortho intramolecular Hbond substituents is 1. The first-order valence-corrected chi connectivity index (χ1v) is 10.9. The Balaban J connectivity index is 1.55. The molecule has 3 aromatic rings. The second-order valence-electron chi connectivity index (χ2n) is 7.55. The van der Waals surface area contributed by atoms with Crippen LogP contribution in [0.25, 0.3) is 0 Å². The van der Waals surface area contributed by atoms with E-state index in [0.29, 0.717) is 13.1 Å². The maximum absolute atomic E-state index is 13.1. The van der Waals surface area contributed by atoms with E-state index in [1.807, 2.05) is 24.3 Å². The highest BCUT2D eigenvalue weighted by atomic mass is 35.5. The standard InChI is InChI=1S/C24H18Cl2N2O6/c25-18-9-15(27-22(30)24(32)33)10-19(26)21(18)34-16-5-6-20(29)17(11-16)23(31)28-8-7-13-3-1-2-4-14(13)12-28/h1-6,9-11,29H,7-8,12H2,(H,27,30)(H,32,33). The minimum Gasteiger partial charge on any atom is -0.507 e. The number of carbonyl (C=O) groups is 3. The monoisotopic (exact) mass is 500 g/mol. The SMILES string of the molecule is O=C(O)C(=O)Nc1cc(Cl)c(Oc2ccc(O)c(C(=O)N3CCc4ccccc4C3)c2)c(Cl)c1. The molecule has 0 aliphatic carbocycles. The second-order valence-corrected chi connectivity index (χ2v) is 8.37. The van der Waals surface area contributed by atoms with Gasteiger partial charge in [0.2, 0.25) is 0 Å². The second kappa shape index (κ2) is 9.62. The number of amides is 2. The van der Waals surface area contributed by atoms with E-state index in [-0.39, 0.29) is 44.5 Å². The summed E-state index contributed by atoms with van der Waals surface area (Å²) >= 11 is 12.4. The third-order valence-electron chi connectivity index (χ3n) is 5.29. The van der Waals surface area contributed by atoms with Crippen LogP contribution < -0.4 is 10.1 Å². The average Bonchev–Trinajstić information content (AvgIpc) is 2.81. The predicted molar refractivity (Wildman–Crippen MR) is 126 cm³/mol. The summed E-state index contributed by atoms with van der Waals surface area (Å²) in [6.07, 6.45) is 0.717. The van der Waals surface area contributed by atoms with Gasteiger partial charge in [-0.3, -0.25) is 9.59 Å². The van der Waals surface area contributed by atoms with E-state index >= 15 is 0 Å². The van der Waals surface area contributed by atoms with E-state index < -0.39 is 11.9 Å². The van der Waals surface area contributed by atoms with Crippen LogP contribution in [0.2, 0.25) is 10.0 Å². The summed E-state index contributed by atoms with van der Waals surface area (Å²) in [7, 11) is 0. The summed E-state index contributed by atoms with van der Waals surface area (Å²) in [6.45, 7) is 0.947. The van der Waals surface area contributed by atoms with Crippen LogP contribution in [-0.2, 0) is 22.6 Å². The lowest BCUT2D eigenvalue weighted by Crippen LogP contribution is -2.35. The molecule has 0 bridgehead atoms. The fourth-order valence-electron chi connectivity index (χ4n) is 3.62. The van der Waals surface area contributed by atoms with Crippen molar-refractivity contribution in [3.63, 3.8) is 0 Å². The van der Waals surface area contributed by atoms with Crippen LogP contribution in [0.5, 0.6) is 17.2 Å². The number of carboxylic acid groups (broad SMARTS) is 1. The Morgan fingerprint density at radius 3 is 2.32 bits per heavy atom. The van der Waals surface area contributed by atoms with Crippen molar-refractivity contribution in [1.29, 1.82) is 0 Å². The molecule has 1 aliphatic rings. The van der Waals surface area contributed by atoms with Gasteiger partial charge in [-0.2, -0.15) is 0 Å². The van der Waals surface area contributed by atoms with Gasteiger partial charge in [-0.1, -0.05) is 47.5 Å². The molecule has 0 spiro atoms. The highest BCUT2D eigenvalue weighted by molar-refractivity contribution is 6.39. The number of rotatable bonds is 4. The van der Waals surface area contributed by atoms with Crippen molar-refractivity contribution >= 4 is 46.7 Å². The molecule has 0 unspecified atom stereocenters. The molecule has 0 fully saturated rings. The van der Waals surface area contributed by atoms with Crippen LogP contribution >= 0.6 is 23.2 Å². The van der Waals surface area contributed by atoms with Crippen molar-refractivity contribution < 1.29 is 29.3 Å². The van der Waals surface area contributed by atoms with Crippen LogP contribution in [0.4, 0.5) is 5.69 Å². The number of nitrogens with zero attached hydrogens (tertiary/aromatic N) is 1. The van der Waals surface area contributed by atoms with Gasteiger partial charge in [-0.05, 0) is 47.9 Å². The zero-order valence-electron chi connectivity index (χ0n) is 17.5. The van der Waals surface area contributed by atoms with Crippen LogP contribution in [-0.4, -0.2) is 39.4 Å². The first kappa shape index (κ1) is 23.4. The number of carbonyl (C=O) groups excluding carboxylic acids is 2. The number of fused-ring (bicyclic) bond motifs is 1. The summed E-state index contributed by atoms with van der Waals surface area (Å²) in [4.78, 5) is 36.9. The van der Waals surface area contributed by atoms with Crippen LogP contribution in [0, 0.1) is 0 Å². The summed E-state index contributed by atoms with van der Waals surface area (Å²) in [5.41, 5.74) is 2.39. The Hall–Kier alpha value is -3.75. The van der Waals surface area contributed by atoms with Gasteiger partial charge in [-0.25, -0.2) is 4.79 Å². The number of hydrogen-bond donors (Lipinski definition) is 3. The fourth-order valence-corrected chi connectivity index (χ4v) is 4.19. The van der Waals surface area contributed by atoms with Gasteiger partial charge in [0.25, 0.3) is 5.91 Å². The Bertz CT molecular complexity index is 1290. The molecule has 174 valence electrons.